The zero-order chi connectivity index (χ0) is 9.42. The predicted molar refractivity (Wildman–Crippen MR) is 44.8 cm³/mol. The Morgan fingerprint density at radius 1 is 1.38 bits per heavy atom. The summed E-state index contributed by atoms with van der Waals surface area (Å²) in [5, 5.41) is 0. The lowest BCUT2D eigenvalue weighted by Crippen LogP contribution is -2.19. The van der Waals surface area contributed by atoms with Crippen molar-refractivity contribution < 1.29 is 13.5 Å². The van der Waals surface area contributed by atoms with Gasteiger partial charge in [0.25, 0.3) is 0 Å². The highest BCUT2D eigenvalue weighted by Gasteiger charge is 2.20. The van der Waals surface area contributed by atoms with E-state index in [0.29, 0.717) is 17.7 Å². The van der Waals surface area contributed by atoms with Gasteiger partial charge in [-0.3, -0.25) is 0 Å². The molecule has 0 aromatic heterocycles. The van der Waals surface area contributed by atoms with Crippen molar-refractivity contribution in [1.82, 2.24) is 0 Å². The normalized spacial score (nSPS) is 20.7. The summed E-state index contributed by atoms with van der Waals surface area (Å²) in [5.41, 5.74) is 0.500. The van der Waals surface area contributed by atoms with Crippen LogP contribution in [-0.2, 0) is 6.42 Å². The number of rotatable bonds is 0. The fourth-order valence-corrected chi connectivity index (χ4v) is 1.55. The van der Waals surface area contributed by atoms with Gasteiger partial charge in [0.15, 0.2) is 0 Å². The van der Waals surface area contributed by atoms with Gasteiger partial charge in [0.05, 0.1) is 6.10 Å². The second-order valence-electron chi connectivity index (χ2n) is 3.33. The molecule has 0 N–H and O–H groups in total. The maximum Gasteiger partial charge on any atom is 0.133 e. The molecular formula is C10H10F2O. The summed E-state index contributed by atoms with van der Waals surface area (Å²) in [4.78, 5) is 0. The van der Waals surface area contributed by atoms with E-state index in [1.165, 1.54) is 6.07 Å². The Bertz CT molecular complexity index is 336. The maximum absolute atomic E-state index is 13.1. The monoisotopic (exact) mass is 184 g/mol. The first kappa shape index (κ1) is 8.48. The predicted octanol–water partition coefficient (Wildman–Crippen LogP) is 2.68. The van der Waals surface area contributed by atoms with Gasteiger partial charge in [0.1, 0.15) is 17.4 Å². The van der Waals surface area contributed by atoms with Crippen LogP contribution in [0.25, 0.3) is 0 Å². The van der Waals surface area contributed by atoms with Crippen LogP contribution in [0, 0.1) is 11.6 Å². The second-order valence-corrected chi connectivity index (χ2v) is 3.33. The van der Waals surface area contributed by atoms with E-state index in [1.807, 2.05) is 6.92 Å². The molecule has 0 radical (unpaired) electrons. The van der Waals surface area contributed by atoms with Crippen LogP contribution < -0.4 is 4.74 Å². The van der Waals surface area contributed by atoms with E-state index in [2.05, 4.69) is 0 Å². The third-order valence-electron chi connectivity index (χ3n) is 2.25. The Kier molecular flexibility index (Phi) is 1.94. The van der Waals surface area contributed by atoms with Crippen LogP contribution in [-0.4, -0.2) is 6.10 Å². The third-order valence-corrected chi connectivity index (χ3v) is 2.25. The van der Waals surface area contributed by atoms with Gasteiger partial charge >= 0.3 is 0 Å². The Morgan fingerprint density at radius 3 is 2.92 bits per heavy atom. The molecule has 0 amide bonds. The standard InChI is InChI=1S/C10H10F2O/c1-6-2-3-8-9(12)4-7(11)5-10(8)13-6/h4-6H,2-3H2,1H3. The van der Waals surface area contributed by atoms with E-state index in [-0.39, 0.29) is 6.10 Å². The third kappa shape index (κ3) is 1.50. The van der Waals surface area contributed by atoms with Crippen molar-refractivity contribution in [3.63, 3.8) is 0 Å². The van der Waals surface area contributed by atoms with Gasteiger partial charge in [-0.1, -0.05) is 0 Å². The Balaban J connectivity index is 2.47. The maximum atomic E-state index is 13.1. The first-order valence-corrected chi connectivity index (χ1v) is 4.31. The summed E-state index contributed by atoms with van der Waals surface area (Å²) >= 11 is 0. The minimum atomic E-state index is -0.578. The van der Waals surface area contributed by atoms with Crippen LogP contribution >= 0.6 is 0 Å². The number of fused-ring (bicyclic) bond motifs is 1. The average Bonchev–Trinajstić information content (AvgIpc) is 2.02. The van der Waals surface area contributed by atoms with Gasteiger partial charge < -0.3 is 4.74 Å². The molecule has 0 fully saturated rings. The van der Waals surface area contributed by atoms with Gasteiger partial charge in [-0.2, -0.15) is 0 Å². The molecule has 1 aliphatic heterocycles. The van der Waals surface area contributed by atoms with Crippen molar-refractivity contribution in [3.05, 3.63) is 29.3 Å². The minimum absolute atomic E-state index is 0.0497. The Morgan fingerprint density at radius 2 is 2.15 bits per heavy atom. The van der Waals surface area contributed by atoms with Gasteiger partial charge in [-0.05, 0) is 19.8 Å². The van der Waals surface area contributed by atoms with E-state index in [4.69, 9.17) is 4.74 Å². The van der Waals surface area contributed by atoms with Gasteiger partial charge in [0, 0.05) is 17.7 Å². The van der Waals surface area contributed by atoms with Crippen molar-refractivity contribution in [2.75, 3.05) is 0 Å². The quantitative estimate of drug-likeness (QED) is 0.602. The smallest absolute Gasteiger partial charge is 0.133 e. The molecule has 1 aromatic rings. The number of benzene rings is 1. The first-order chi connectivity index (χ1) is 6.16. The van der Waals surface area contributed by atoms with Gasteiger partial charge in [-0.25, -0.2) is 8.78 Å². The Hall–Kier alpha value is -1.12. The number of halogens is 2. The van der Waals surface area contributed by atoms with E-state index < -0.39 is 11.6 Å². The molecule has 1 unspecified atom stereocenters. The van der Waals surface area contributed by atoms with Crippen LogP contribution in [0.1, 0.15) is 18.9 Å². The van der Waals surface area contributed by atoms with E-state index in [9.17, 15) is 8.78 Å². The highest BCUT2D eigenvalue weighted by Crippen LogP contribution is 2.30. The second kappa shape index (κ2) is 2.98. The SMILES string of the molecule is CC1CCc2c(F)cc(F)cc2O1. The van der Waals surface area contributed by atoms with Crippen LogP contribution in [0.5, 0.6) is 5.75 Å². The summed E-state index contributed by atoms with van der Waals surface area (Å²) in [6.07, 6.45) is 1.46. The lowest BCUT2D eigenvalue weighted by molar-refractivity contribution is 0.189. The van der Waals surface area contributed by atoms with Crippen molar-refractivity contribution >= 4 is 0 Å². The molecule has 1 heterocycles. The number of ether oxygens (including phenoxy) is 1. The molecule has 0 saturated carbocycles. The first-order valence-electron chi connectivity index (χ1n) is 4.31. The van der Waals surface area contributed by atoms with Crippen molar-refractivity contribution in [2.45, 2.75) is 25.9 Å². The van der Waals surface area contributed by atoms with Crippen molar-refractivity contribution in [2.24, 2.45) is 0 Å². The van der Waals surface area contributed by atoms with Gasteiger partial charge in [0.2, 0.25) is 0 Å². The largest absolute Gasteiger partial charge is 0.490 e. The number of hydrogen-bond acceptors (Lipinski definition) is 1. The molecule has 0 bridgehead atoms. The molecule has 1 aromatic carbocycles. The molecule has 0 aliphatic carbocycles. The Labute approximate surface area is 75.3 Å². The molecule has 2 rings (SSSR count). The zero-order valence-corrected chi connectivity index (χ0v) is 7.31. The summed E-state index contributed by atoms with van der Waals surface area (Å²) in [5.74, 6) is -0.719. The van der Waals surface area contributed by atoms with E-state index in [1.54, 1.807) is 0 Å². The zero-order valence-electron chi connectivity index (χ0n) is 7.31. The molecule has 1 atom stereocenters. The molecule has 3 heteroatoms. The number of hydrogen-bond donors (Lipinski definition) is 0. The summed E-state index contributed by atoms with van der Waals surface area (Å²) in [6.45, 7) is 1.89. The van der Waals surface area contributed by atoms with Crippen LogP contribution in [0.2, 0.25) is 0 Å². The van der Waals surface area contributed by atoms with Crippen molar-refractivity contribution in [3.8, 4) is 5.75 Å². The minimum Gasteiger partial charge on any atom is -0.490 e. The van der Waals surface area contributed by atoms with Crippen LogP contribution in [0.4, 0.5) is 8.78 Å². The average molecular weight is 184 g/mol. The molecule has 1 nitrogen and oxygen atoms in total. The van der Waals surface area contributed by atoms with E-state index >= 15 is 0 Å². The highest BCUT2D eigenvalue weighted by molar-refractivity contribution is 5.37. The highest BCUT2D eigenvalue weighted by atomic mass is 19.1. The lowest BCUT2D eigenvalue weighted by Gasteiger charge is -2.23. The summed E-state index contributed by atoms with van der Waals surface area (Å²) in [6, 6.07) is 2.15. The topological polar surface area (TPSA) is 9.23 Å². The lowest BCUT2D eigenvalue weighted by atomic mass is 10.0. The molecule has 0 saturated heterocycles. The summed E-state index contributed by atoms with van der Waals surface area (Å²) < 4.78 is 31.2. The van der Waals surface area contributed by atoms with Crippen LogP contribution in [0.3, 0.4) is 0 Å². The fraction of sp³-hybridized carbons (Fsp3) is 0.400. The van der Waals surface area contributed by atoms with E-state index in [0.717, 1.165) is 12.5 Å². The molecular weight excluding hydrogens is 174 g/mol. The molecule has 70 valence electrons. The fourth-order valence-electron chi connectivity index (χ4n) is 1.55. The summed E-state index contributed by atoms with van der Waals surface area (Å²) in [7, 11) is 0. The molecule has 1 aliphatic rings. The molecule has 0 spiro atoms. The van der Waals surface area contributed by atoms with Gasteiger partial charge in [-0.15, -0.1) is 0 Å². The molecule has 13 heavy (non-hydrogen) atoms. The van der Waals surface area contributed by atoms with Crippen LogP contribution in [0.15, 0.2) is 12.1 Å². The van der Waals surface area contributed by atoms with Crippen molar-refractivity contribution in [1.29, 1.82) is 0 Å².